The van der Waals surface area contributed by atoms with E-state index >= 15 is 0 Å². The van der Waals surface area contributed by atoms with Crippen molar-refractivity contribution < 1.29 is 22.9 Å². The number of nitrogens with one attached hydrogen (secondary N) is 1. The van der Waals surface area contributed by atoms with Gasteiger partial charge in [0.05, 0.1) is 23.5 Å². The minimum atomic E-state index is -3.66. The summed E-state index contributed by atoms with van der Waals surface area (Å²) in [6, 6.07) is 12.8. The molecule has 1 N–H and O–H groups in total. The molecule has 0 spiro atoms. The predicted octanol–water partition coefficient (Wildman–Crippen LogP) is 2.86. The molecule has 0 radical (unpaired) electrons. The van der Waals surface area contributed by atoms with Crippen molar-refractivity contribution in [2.45, 2.75) is 26.3 Å². The van der Waals surface area contributed by atoms with Gasteiger partial charge in [0.15, 0.2) is 0 Å². The zero-order valence-corrected chi connectivity index (χ0v) is 17.7. The average Bonchev–Trinajstić information content (AvgIpc) is 2.70. The number of anilines is 1. The first-order chi connectivity index (χ1) is 14.2. The number of carbonyl (C=O) groups excluding carboxylic acids is 1. The number of carbonyl (C=O) groups is 1. The lowest BCUT2D eigenvalue weighted by molar-refractivity contribution is -0.384. The zero-order chi connectivity index (χ0) is 22.1. The van der Waals surface area contributed by atoms with Crippen LogP contribution in [0.15, 0.2) is 48.5 Å². The van der Waals surface area contributed by atoms with Crippen molar-refractivity contribution in [1.82, 2.24) is 5.32 Å². The summed E-state index contributed by atoms with van der Waals surface area (Å²) in [6.45, 7) is 2.73. The molecule has 2 rings (SSSR count). The van der Waals surface area contributed by atoms with E-state index in [1.54, 1.807) is 0 Å². The number of nitrogens with zero attached hydrogens (tertiary/aromatic N) is 2. The minimum absolute atomic E-state index is 0.0307. The Kier molecular flexibility index (Phi) is 8.16. The summed E-state index contributed by atoms with van der Waals surface area (Å²) in [4.78, 5) is 22.6. The van der Waals surface area contributed by atoms with Gasteiger partial charge in [-0.2, -0.15) is 0 Å². The van der Waals surface area contributed by atoms with Crippen LogP contribution in [0.5, 0.6) is 5.75 Å². The number of non-ortho nitro benzene ring substituents is 1. The molecule has 30 heavy (non-hydrogen) atoms. The Labute approximate surface area is 175 Å². The van der Waals surface area contributed by atoms with E-state index in [0.29, 0.717) is 18.9 Å². The maximum Gasteiger partial charge on any atom is 0.271 e. The molecule has 9 nitrogen and oxygen atoms in total. The lowest BCUT2D eigenvalue weighted by Gasteiger charge is -2.22. The number of nitro benzene ring substituents is 1. The molecule has 0 saturated heterocycles. The smallest absolute Gasteiger partial charge is 0.271 e. The second-order valence-electron chi connectivity index (χ2n) is 6.53. The summed E-state index contributed by atoms with van der Waals surface area (Å²) < 4.78 is 30.9. The first kappa shape index (κ1) is 23.1. The van der Waals surface area contributed by atoms with Gasteiger partial charge in [-0.3, -0.25) is 19.2 Å². The van der Waals surface area contributed by atoms with E-state index in [1.807, 2.05) is 31.2 Å². The molecule has 2 aromatic carbocycles. The van der Waals surface area contributed by atoms with Crippen molar-refractivity contribution in [2.24, 2.45) is 0 Å². The quantitative estimate of drug-likeness (QED) is 0.428. The van der Waals surface area contributed by atoms with Crippen LogP contribution in [-0.2, 0) is 21.4 Å². The van der Waals surface area contributed by atoms with Gasteiger partial charge in [-0.1, -0.05) is 24.3 Å². The largest absolute Gasteiger partial charge is 0.494 e. The van der Waals surface area contributed by atoms with E-state index in [1.165, 1.54) is 24.3 Å². The highest BCUT2D eigenvalue weighted by atomic mass is 32.2. The van der Waals surface area contributed by atoms with E-state index in [9.17, 15) is 23.3 Å². The molecule has 0 saturated carbocycles. The third-order valence-electron chi connectivity index (χ3n) is 4.24. The van der Waals surface area contributed by atoms with Gasteiger partial charge in [0.25, 0.3) is 5.69 Å². The highest BCUT2D eigenvalue weighted by Gasteiger charge is 2.20. The molecule has 0 bridgehead atoms. The van der Waals surface area contributed by atoms with Gasteiger partial charge in [-0.05, 0) is 25.5 Å². The third kappa shape index (κ3) is 6.73. The number of sulfonamides is 1. The Morgan fingerprint density at radius 1 is 1.20 bits per heavy atom. The summed E-state index contributed by atoms with van der Waals surface area (Å²) in [5.74, 6) is 0.475. The van der Waals surface area contributed by atoms with E-state index in [0.717, 1.165) is 16.1 Å². The predicted molar refractivity (Wildman–Crippen MR) is 114 cm³/mol. The topological polar surface area (TPSA) is 119 Å². The SMILES string of the molecule is CCOc1ccccc1CNC(=O)CCCN(c1cccc([N+](=O)[O-])c1)S(C)(=O)=O. The van der Waals surface area contributed by atoms with Crippen molar-refractivity contribution in [1.29, 1.82) is 0 Å². The Bertz CT molecular complexity index is 994. The summed E-state index contributed by atoms with van der Waals surface area (Å²) >= 11 is 0. The fourth-order valence-corrected chi connectivity index (χ4v) is 3.82. The molecule has 0 unspecified atom stereocenters. The summed E-state index contributed by atoms with van der Waals surface area (Å²) in [6.07, 6.45) is 1.39. The van der Waals surface area contributed by atoms with Crippen LogP contribution in [0.4, 0.5) is 11.4 Å². The Hall–Kier alpha value is -3.14. The lowest BCUT2D eigenvalue weighted by Crippen LogP contribution is -2.32. The van der Waals surface area contributed by atoms with Gasteiger partial charge >= 0.3 is 0 Å². The van der Waals surface area contributed by atoms with E-state index in [2.05, 4.69) is 5.32 Å². The Morgan fingerprint density at radius 3 is 2.60 bits per heavy atom. The van der Waals surface area contributed by atoms with E-state index in [4.69, 9.17) is 4.74 Å². The van der Waals surface area contributed by atoms with Crippen molar-refractivity contribution in [3.05, 3.63) is 64.2 Å². The number of amides is 1. The Morgan fingerprint density at radius 2 is 1.93 bits per heavy atom. The molecule has 0 aliphatic carbocycles. The minimum Gasteiger partial charge on any atom is -0.494 e. The standard InChI is InChI=1S/C20H25N3O6S/c1-3-29-19-11-5-4-8-16(19)15-21-20(24)12-7-13-22(30(2,27)28)17-9-6-10-18(14-17)23(25)26/h4-6,8-11,14H,3,7,12-13,15H2,1-2H3,(H,21,24). The zero-order valence-electron chi connectivity index (χ0n) is 16.9. The highest BCUT2D eigenvalue weighted by Crippen LogP contribution is 2.23. The maximum absolute atomic E-state index is 12.2. The fraction of sp³-hybridized carbons (Fsp3) is 0.350. The number of para-hydroxylation sites is 1. The van der Waals surface area contributed by atoms with Gasteiger partial charge in [0.1, 0.15) is 5.75 Å². The summed E-state index contributed by atoms with van der Waals surface area (Å²) in [7, 11) is -3.66. The van der Waals surface area contributed by atoms with Crippen LogP contribution >= 0.6 is 0 Å². The van der Waals surface area contributed by atoms with E-state index < -0.39 is 14.9 Å². The number of rotatable bonds is 11. The number of hydrogen-bond donors (Lipinski definition) is 1. The molecule has 10 heteroatoms. The molecule has 162 valence electrons. The first-order valence-corrected chi connectivity index (χ1v) is 11.3. The van der Waals surface area contributed by atoms with Crippen LogP contribution in [0, 0.1) is 10.1 Å². The summed E-state index contributed by atoms with van der Waals surface area (Å²) in [5, 5.41) is 13.8. The Balaban J connectivity index is 1.95. The molecule has 0 fully saturated rings. The second-order valence-corrected chi connectivity index (χ2v) is 8.44. The van der Waals surface area contributed by atoms with Crippen LogP contribution in [0.1, 0.15) is 25.3 Å². The average molecular weight is 436 g/mol. The first-order valence-electron chi connectivity index (χ1n) is 9.42. The number of nitro groups is 1. The van der Waals surface area contributed by atoms with Crippen LogP contribution in [0.3, 0.4) is 0 Å². The molecular weight excluding hydrogens is 410 g/mol. The van der Waals surface area contributed by atoms with Crippen LogP contribution in [0.2, 0.25) is 0 Å². The van der Waals surface area contributed by atoms with Gasteiger partial charge in [0, 0.05) is 37.2 Å². The molecule has 0 aliphatic rings. The summed E-state index contributed by atoms with van der Waals surface area (Å²) in [5.41, 5.74) is 0.840. The molecule has 0 aliphatic heterocycles. The van der Waals surface area contributed by atoms with Crippen molar-refractivity contribution >= 4 is 27.3 Å². The number of benzene rings is 2. The lowest BCUT2D eigenvalue weighted by atomic mass is 10.2. The van der Waals surface area contributed by atoms with Crippen LogP contribution in [0.25, 0.3) is 0 Å². The van der Waals surface area contributed by atoms with Crippen molar-refractivity contribution in [3.8, 4) is 5.75 Å². The maximum atomic E-state index is 12.2. The van der Waals surface area contributed by atoms with Gasteiger partial charge in [0.2, 0.25) is 15.9 Å². The number of hydrogen-bond acceptors (Lipinski definition) is 6. The molecule has 0 atom stereocenters. The molecule has 0 heterocycles. The number of ether oxygens (including phenoxy) is 1. The normalized spacial score (nSPS) is 11.0. The molecule has 2 aromatic rings. The third-order valence-corrected chi connectivity index (χ3v) is 5.44. The monoisotopic (exact) mass is 435 g/mol. The molecular formula is C20H25N3O6S. The highest BCUT2D eigenvalue weighted by molar-refractivity contribution is 7.92. The van der Waals surface area contributed by atoms with Gasteiger partial charge in [-0.15, -0.1) is 0 Å². The van der Waals surface area contributed by atoms with E-state index in [-0.39, 0.29) is 36.7 Å². The van der Waals surface area contributed by atoms with Crippen LogP contribution < -0.4 is 14.4 Å². The molecule has 0 aromatic heterocycles. The van der Waals surface area contributed by atoms with Crippen molar-refractivity contribution in [2.75, 3.05) is 23.7 Å². The second kappa shape index (κ2) is 10.6. The fourth-order valence-electron chi connectivity index (χ4n) is 2.86. The van der Waals surface area contributed by atoms with Gasteiger partial charge < -0.3 is 10.1 Å². The van der Waals surface area contributed by atoms with Gasteiger partial charge in [-0.25, -0.2) is 8.42 Å². The van der Waals surface area contributed by atoms with Crippen molar-refractivity contribution in [3.63, 3.8) is 0 Å². The molecule has 1 amide bonds. The van der Waals surface area contributed by atoms with Crippen LogP contribution in [-0.4, -0.2) is 38.7 Å².